The van der Waals surface area contributed by atoms with Crippen molar-refractivity contribution < 1.29 is 15.0 Å². The summed E-state index contributed by atoms with van der Waals surface area (Å²) in [6.45, 7) is 1.81. The van der Waals surface area contributed by atoms with Crippen molar-refractivity contribution in [3.05, 3.63) is 0 Å². The molecule has 0 aromatic heterocycles. The summed E-state index contributed by atoms with van der Waals surface area (Å²) in [5.41, 5.74) is 0. The van der Waals surface area contributed by atoms with E-state index in [1.165, 1.54) is 0 Å². The van der Waals surface area contributed by atoms with E-state index in [4.69, 9.17) is 5.11 Å². The highest BCUT2D eigenvalue weighted by atomic mass is 16.4. The van der Waals surface area contributed by atoms with Crippen LogP contribution in [-0.2, 0) is 4.79 Å². The lowest BCUT2D eigenvalue weighted by Gasteiger charge is -2.33. The number of hydrogen-bond donors (Lipinski definition) is 2. The topological polar surface area (TPSA) is 57.5 Å². The number of aliphatic hydroxyl groups is 1. The number of carboxylic acid groups (broad SMARTS) is 1. The average molecular weight is 172 g/mol. The predicted octanol–water partition coefficient (Wildman–Crippen LogP) is 1.26. The van der Waals surface area contributed by atoms with Crippen LogP contribution in [0.3, 0.4) is 0 Å². The van der Waals surface area contributed by atoms with Crippen molar-refractivity contribution in [2.24, 2.45) is 11.8 Å². The normalized spacial score (nSPS) is 22.8. The van der Waals surface area contributed by atoms with Gasteiger partial charge in [0, 0.05) is 0 Å². The SMILES string of the molecule is CCC(C(=O)O)C(O)C1CCC1. The summed E-state index contributed by atoms with van der Waals surface area (Å²) in [7, 11) is 0. The van der Waals surface area contributed by atoms with E-state index in [2.05, 4.69) is 0 Å². The van der Waals surface area contributed by atoms with E-state index in [1.807, 2.05) is 0 Å². The Morgan fingerprint density at radius 2 is 2.17 bits per heavy atom. The molecule has 1 fully saturated rings. The fourth-order valence-corrected chi connectivity index (χ4v) is 1.67. The van der Waals surface area contributed by atoms with Gasteiger partial charge in [-0.1, -0.05) is 13.3 Å². The largest absolute Gasteiger partial charge is 0.481 e. The maximum Gasteiger partial charge on any atom is 0.309 e. The maximum absolute atomic E-state index is 10.7. The van der Waals surface area contributed by atoms with Gasteiger partial charge in [-0.3, -0.25) is 4.79 Å². The number of aliphatic carboxylic acids is 1. The van der Waals surface area contributed by atoms with Gasteiger partial charge in [-0.15, -0.1) is 0 Å². The van der Waals surface area contributed by atoms with Crippen LogP contribution in [0.25, 0.3) is 0 Å². The summed E-state index contributed by atoms with van der Waals surface area (Å²) >= 11 is 0. The third kappa shape index (κ3) is 1.78. The zero-order valence-electron chi connectivity index (χ0n) is 7.36. The van der Waals surface area contributed by atoms with Crippen LogP contribution in [0.2, 0.25) is 0 Å². The molecule has 0 aliphatic heterocycles. The molecular weight excluding hydrogens is 156 g/mol. The third-order valence-corrected chi connectivity index (χ3v) is 2.80. The maximum atomic E-state index is 10.7. The monoisotopic (exact) mass is 172 g/mol. The summed E-state index contributed by atoms with van der Waals surface area (Å²) in [6, 6.07) is 0. The molecule has 1 rings (SSSR count). The van der Waals surface area contributed by atoms with E-state index < -0.39 is 18.0 Å². The van der Waals surface area contributed by atoms with Crippen molar-refractivity contribution >= 4 is 5.97 Å². The molecule has 1 aliphatic carbocycles. The first-order chi connectivity index (χ1) is 5.66. The summed E-state index contributed by atoms with van der Waals surface area (Å²) in [6.07, 6.45) is 3.02. The molecule has 0 saturated heterocycles. The lowest BCUT2D eigenvalue weighted by molar-refractivity contribution is -0.148. The second kappa shape index (κ2) is 3.90. The highest BCUT2D eigenvalue weighted by Crippen LogP contribution is 2.33. The first kappa shape index (κ1) is 9.52. The molecule has 2 N–H and O–H groups in total. The minimum absolute atomic E-state index is 0.242. The van der Waals surface area contributed by atoms with Crippen LogP contribution in [0.1, 0.15) is 32.6 Å². The Morgan fingerprint density at radius 3 is 2.42 bits per heavy atom. The second-order valence-electron chi connectivity index (χ2n) is 3.53. The molecule has 1 saturated carbocycles. The molecule has 0 bridgehead atoms. The van der Waals surface area contributed by atoms with E-state index in [9.17, 15) is 9.90 Å². The predicted molar refractivity (Wildman–Crippen MR) is 44.8 cm³/mol. The molecule has 1 aliphatic rings. The van der Waals surface area contributed by atoms with Crippen LogP contribution in [-0.4, -0.2) is 22.3 Å². The van der Waals surface area contributed by atoms with E-state index in [1.54, 1.807) is 6.92 Å². The van der Waals surface area contributed by atoms with E-state index in [0.717, 1.165) is 19.3 Å². The van der Waals surface area contributed by atoms with E-state index in [-0.39, 0.29) is 5.92 Å². The molecule has 0 aromatic carbocycles. The molecule has 0 heterocycles. The summed E-state index contributed by atoms with van der Waals surface area (Å²) in [5.74, 6) is -1.18. The Bertz CT molecular complexity index is 163. The molecule has 0 amide bonds. The molecule has 0 aromatic rings. The van der Waals surface area contributed by atoms with Crippen LogP contribution in [0.5, 0.6) is 0 Å². The molecule has 3 heteroatoms. The summed E-state index contributed by atoms with van der Waals surface area (Å²) in [4.78, 5) is 10.7. The fraction of sp³-hybridized carbons (Fsp3) is 0.889. The molecule has 2 unspecified atom stereocenters. The number of carbonyl (C=O) groups is 1. The molecule has 0 radical (unpaired) electrons. The van der Waals surface area contributed by atoms with Gasteiger partial charge in [-0.05, 0) is 25.2 Å². The fourth-order valence-electron chi connectivity index (χ4n) is 1.67. The van der Waals surface area contributed by atoms with Crippen molar-refractivity contribution in [3.63, 3.8) is 0 Å². The first-order valence-electron chi connectivity index (χ1n) is 4.57. The summed E-state index contributed by atoms with van der Waals surface area (Å²) < 4.78 is 0. The highest BCUT2D eigenvalue weighted by molar-refractivity contribution is 5.70. The van der Waals surface area contributed by atoms with Gasteiger partial charge in [0.15, 0.2) is 0 Å². The molecular formula is C9H16O3. The molecule has 12 heavy (non-hydrogen) atoms. The Balaban J connectivity index is 2.46. The smallest absolute Gasteiger partial charge is 0.309 e. The second-order valence-corrected chi connectivity index (χ2v) is 3.53. The lowest BCUT2D eigenvalue weighted by Crippen LogP contribution is -2.37. The lowest BCUT2D eigenvalue weighted by atomic mass is 9.76. The van der Waals surface area contributed by atoms with Crippen molar-refractivity contribution in [1.82, 2.24) is 0 Å². The van der Waals surface area contributed by atoms with Crippen LogP contribution in [0.15, 0.2) is 0 Å². The molecule has 3 nitrogen and oxygen atoms in total. The average Bonchev–Trinajstić information content (AvgIpc) is 1.83. The number of rotatable bonds is 4. The van der Waals surface area contributed by atoms with Gasteiger partial charge in [0.25, 0.3) is 0 Å². The zero-order chi connectivity index (χ0) is 9.14. The zero-order valence-corrected chi connectivity index (χ0v) is 7.36. The first-order valence-corrected chi connectivity index (χ1v) is 4.57. The standard InChI is InChI=1S/C9H16O3/c1-2-7(9(11)12)8(10)6-4-3-5-6/h6-8,10H,2-5H2,1H3,(H,11,12). The molecule has 70 valence electrons. The van der Waals surface area contributed by atoms with Gasteiger partial charge in [0.05, 0.1) is 12.0 Å². The third-order valence-electron chi connectivity index (χ3n) is 2.80. The van der Waals surface area contributed by atoms with Crippen molar-refractivity contribution in [1.29, 1.82) is 0 Å². The van der Waals surface area contributed by atoms with Gasteiger partial charge in [-0.2, -0.15) is 0 Å². The summed E-state index contributed by atoms with van der Waals surface area (Å²) in [5, 5.41) is 18.4. The van der Waals surface area contributed by atoms with Crippen LogP contribution >= 0.6 is 0 Å². The van der Waals surface area contributed by atoms with Crippen LogP contribution in [0, 0.1) is 11.8 Å². The van der Waals surface area contributed by atoms with Crippen molar-refractivity contribution in [3.8, 4) is 0 Å². The van der Waals surface area contributed by atoms with E-state index in [0.29, 0.717) is 6.42 Å². The van der Waals surface area contributed by atoms with Crippen molar-refractivity contribution in [2.75, 3.05) is 0 Å². The van der Waals surface area contributed by atoms with Crippen LogP contribution < -0.4 is 0 Å². The van der Waals surface area contributed by atoms with Gasteiger partial charge in [-0.25, -0.2) is 0 Å². The Labute approximate surface area is 72.4 Å². The highest BCUT2D eigenvalue weighted by Gasteiger charge is 2.34. The Kier molecular flexibility index (Phi) is 3.09. The van der Waals surface area contributed by atoms with Gasteiger partial charge >= 0.3 is 5.97 Å². The number of carboxylic acids is 1. The number of aliphatic hydroxyl groups excluding tert-OH is 1. The minimum Gasteiger partial charge on any atom is -0.481 e. The van der Waals surface area contributed by atoms with Gasteiger partial charge in [0.1, 0.15) is 0 Å². The van der Waals surface area contributed by atoms with Gasteiger partial charge < -0.3 is 10.2 Å². The molecule has 2 atom stereocenters. The number of hydrogen-bond acceptors (Lipinski definition) is 2. The van der Waals surface area contributed by atoms with E-state index >= 15 is 0 Å². The van der Waals surface area contributed by atoms with Crippen molar-refractivity contribution in [2.45, 2.75) is 38.7 Å². The van der Waals surface area contributed by atoms with Crippen LogP contribution in [0.4, 0.5) is 0 Å². The van der Waals surface area contributed by atoms with Gasteiger partial charge in [0.2, 0.25) is 0 Å². The Hall–Kier alpha value is -0.570. The molecule has 0 spiro atoms. The minimum atomic E-state index is -0.864. The quantitative estimate of drug-likeness (QED) is 0.671. The Morgan fingerprint density at radius 1 is 1.58 bits per heavy atom.